The second-order valence-corrected chi connectivity index (χ2v) is 6.67. The molecule has 8 heteroatoms. The van der Waals surface area contributed by atoms with E-state index in [-0.39, 0.29) is 17.3 Å². The molecule has 0 radical (unpaired) electrons. The Morgan fingerprint density at radius 3 is 2.48 bits per heavy atom. The lowest BCUT2D eigenvalue weighted by atomic mass is 10.3. The van der Waals surface area contributed by atoms with Gasteiger partial charge in [0.15, 0.2) is 0 Å². The third-order valence-electron chi connectivity index (χ3n) is 3.07. The van der Waals surface area contributed by atoms with Crippen LogP contribution in [-0.4, -0.2) is 24.3 Å². The van der Waals surface area contributed by atoms with E-state index in [1.807, 2.05) is 6.92 Å². The maximum Gasteiger partial charge on any atom is 0.240 e. The van der Waals surface area contributed by atoms with E-state index in [1.165, 1.54) is 18.5 Å². The Bertz CT molecular complexity index is 789. The smallest absolute Gasteiger partial charge is 0.240 e. The summed E-state index contributed by atoms with van der Waals surface area (Å²) in [5.74, 6) is -0.127. The van der Waals surface area contributed by atoms with Gasteiger partial charge in [-0.15, -0.1) is 0 Å². The first kappa shape index (κ1) is 17.0. The second-order valence-electron chi connectivity index (χ2n) is 4.90. The van der Waals surface area contributed by atoms with E-state index in [1.54, 1.807) is 25.1 Å². The van der Waals surface area contributed by atoms with Crippen molar-refractivity contribution in [2.45, 2.75) is 31.7 Å². The molecule has 0 unspecified atom stereocenters. The number of anilines is 1. The number of aryl methyl sites for hydroxylation is 1. The van der Waals surface area contributed by atoms with Crippen LogP contribution < -0.4 is 10.0 Å². The molecule has 23 heavy (non-hydrogen) atoms. The van der Waals surface area contributed by atoms with E-state index >= 15 is 0 Å². The van der Waals surface area contributed by atoms with E-state index in [0.29, 0.717) is 17.8 Å². The predicted octanol–water partition coefficient (Wildman–Crippen LogP) is 1.61. The first-order valence-electron chi connectivity index (χ1n) is 7.08. The van der Waals surface area contributed by atoms with Crippen molar-refractivity contribution < 1.29 is 13.2 Å². The number of carbonyl (C=O) groups is 1. The molecule has 0 aliphatic carbocycles. The van der Waals surface area contributed by atoms with Gasteiger partial charge in [0.05, 0.1) is 17.1 Å². The third-order valence-corrected chi connectivity index (χ3v) is 4.49. The van der Waals surface area contributed by atoms with Crippen molar-refractivity contribution >= 4 is 21.6 Å². The van der Waals surface area contributed by atoms with Gasteiger partial charge in [0.1, 0.15) is 6.33 Å². The minimum absolute atomic E-state index is 0.0833. The molecule has 0 atom stereocenters. The highest BCUT2D eigenvalue weighted by Crippen LogP contribution is 2.14. The molecule has 0 saturated heterocycles. The number of hydrogen-bond acceptors (Lipinski definition) is 5. The highest BCUT2D eigenvalue weighted by molar-refractivity contribution is 7.89. The topological polar surface area (TPSA) is 101 Å². The molecule has 0 spiro atoms. The molecule has 122 valence electrons. The van der Waals surface area contributed by atoms with Gasteiger partial charge in [-0.05, 0) is 37.3 Å². The molecule has 0 saturated carbocycles. The van der Waals surface area contributed by atoms with Crippen LogP contribution in [0.5, 0.6) is 0 Å². The number of nitrogens with one attached hydrogen (secondary N) is 2. The van der Waals surface area contributed by atoms with Crippen LogP contribution in [0.4, 0.5) is 5.69 Å². The van der Waals surface area contributed by atoms with Crippen LogP contribution in [0.25, 0.3) is 0 Å². The first-order chi connectivity index (χ1) is 10.9. The Morgan fingerprint density at radius 1 is 1.17 bits per heavy atom. The number of rotatable bonds is 6. The van der Waals surface area contributed by atoms with Gasteiger partial charge in [0.25, 0.3) is 0 Å². The number of sulfonamides is 1. The van der Waals surface area contributed by atoms with Crippen molar-refractivity contribution in [2.75, 3.05) is 5.32 Å². The lowest BCUT2D eigenvalue weighted by Gasteiger charge is -2.08. The average molecular weight is 334 g/mol. The van der Waals surface area contributed by atoms with Crippen LogP contribution >= 0.6 is 0 Å². The minimum Gasteiger partial charge on any atom is -0.326 e. The SMILES string of the molecule is CCC(=O)Nc1ccc(S(=O)(=O)NCc2cc(C)ncn2)cc1. The summed E-state index contributed by atoms with van der Waals surface area (Å²) in [5.41, 5.74) is 1.92. The van der Waals surface area contributed by atoms with Gasteiger partial charge in [0, 0.05) is 17.8 Å². The Labute approximate surface area is 135 Å². The predicted molar refractivity (Wildman–Crippen MR) is 86.2 cm³/mol. The monoisotopic (exact) mass is 334 g/mol. The number of carbonyl (C=O) groups excluding carboxylic acids is 1. The lowest BCUT2D eigenvalue weighted by Crippen LogP contribution is -2.23. The molecular formula is C15H18N4O3S. The normalized spacial score (nSPS) is 11.2. The van der Waals surface area contributed by atoms with Crippen molar-refractivity contribution in [2.24, 2.45) is 0 Å². The van der Waals surface area contributed by atoms with E-state index in [0.717, 1.165) is 5.69 Å². The highest BCUT2D eigenvalue weighted by atomic mass is 32.2. The van der Waals surface area contributed by atoms with Gasteiger partial charge in [-0.2, -0.15) is 0 Å². The zero-order valence-electron chi connectivity index (χ0n) is 12.9. The van der Waals surface area contributed by atoms with Crippen molar-refractivity contribution in [1.82, 2.24) is 14.7 Å². The van der Waals surface area contributed by atoms with Crippen molar-refractivity contribution in [3.8, 4) is 0 Å². The number of amides is 1. The van der Waals surface area contributed by atoms with E-state index in [4.69, 9.17) is 0 Å². The zero-order valence-corrected chi connectivity index (χ0v) is 13.7. The molecule has 2 rings (SSSR count). The quantitative estimate of drug-likeness (QED) is 0.836. The standard InChI is InChI=1S/C15H18N4O3S/c1-3-15(20)19-12-4-6-14(7-5-12)23(21,22)18-9-13-8-11(2)16-10-17-13/h4-8,10,18H,3,9H2,1-2H3,(H,19,20). The van der Waals surface area contributed by atoms with Crippen LogP contribution in [0.1, 0.15) is 24.7 Å². The fourth-order valence-electron chi connectivity index (χ4n) is 1.83. The van der Waals surface area contributed by atoms with Gasteiger partial charge in [-0.3, -0.25) is 4.79 Å². The van der Waals surface area contributed by atoms with Gasteiger partial charge < -0.3 is 5.32 Å². The molecule has 1 heterocycles. The Balaban J connectivity index is 2.05. The summed E-state index contributed by atoms with van der Waals surface area (Å²) in [7, 11) is -3.65. The molecule has 1 amide bonds. The number of aromatic nitrogens is 2. The van der Waals surface area contributed by atoms with Crippen LogP contribution in [0.15, 0.2) is 41.6 Å². The van der Waals surface area contributed by atoms with Crippen LogP contribution in [0, 0.1) is 6.92 Å². The van der Waals surface area contributed by atoms with Gasteiger partial charge in [-0.25, -0.2) is 23.1 Å². The molecule has 2 N–H and O–H groups in total. The third kappa shape index (κ3) is 4.83. The molecule has 1 aromatic carbocycles. The molecular weight excluding hydrogens is 316 g/mol. The van der Waals surface area contributed by atoms with E-state index < -0.39 is 10.0 Å². The number of benzene rings is 1. The summed E-state index contributed by atoms with van der Waals surface area (Å²) in [4.78, 5) is 19.4. The summed E-state index contributed by atoms with van der Waals surface area (Å²) < 4.78 is 27.0. The molecule has 7 nitrogen and oxygen atoms in total. The van der Waals surface area contributed by atoms with Gasteiger partial charge in [-0.1, -0.05) is 6.92 Å². The largest absolute Gasteiger partial charge is 0.326 e. The molecule has 0 aliphatic heterocycles. The fourth-order valence-corrected chi connectivity index (χ4v) is 2.82. The summed E-state index contributed by atoms with van der Waals surface area (Å²) in [6.07, 6.45) is 1.75. The fraction of sp³-hybridized carbons (Fsp3) is 0.267. The van der Waals surface area contributed by atoms with E-state index in [2.05, 4.69) is 20.0 Å². The van der Waals surface area contributed by atoms with Crippen LogP contribution in [0.3, 0.4) is 0 Å². The maximum absolute atomic E-state index is 12.2. The Morgan fingerprint density at radius 2 is 1.87 bits per heavy atom. The summed E-state index contributed by atoms with van der Waals surface area (Å²) in [6.45, 7) is 3.63. The van der Waals surface area contributed by atoms with Gasteiger partial charge in [0.2, 0.25) is 15.9 Å². The van der Waals surface area contributed by atoms with Crippen molar-refractivity contribution in [1.29, 1.82) is 0 Å². The molecule has 2 aromatic rings. The summed E-state index contributed by atoms with van der Waals surface area (Å²) in [6, 6.07) is 7.71. The van der Waals surface area contributed by atoms with E-state index in [9.17, 15) is 13.2 Å². The zero-order chi connectivity index (χ0) is 16.9. The molecule has 0 fully saturated rings. The van der Waals surface area contributed by atoms with Crippen LogP contribution in [0.2, 0.25) is 0 Å². The molecule has 0 aliphatic rings. The van der Waals surface area contributed by atoms with Crippen molar-refractivity contribution in [3.63, 3.8) is 0 Å². The Hall–Kier alpha value is -2.32. The first-order valence-corrected chi connectivity index (χ1v) is 8.56. The summed E-state index contributed by atoms with van der Waals surface area (Å²) in [5, 5.41) is 2.66. The Kier molecular flexibility index (Phi) is 5.41. The van der Waals surface area contributed by atoms with Crippen LogP contribution in [-0.2, 0) is 21.4 Å². The van der Waals surface area contributed by atoms with Crippen molar-refractivity contribution in [3.05, 3.63) is 48.0 Å². The molecule has 1 aromatic heterocycles. The average Bonchev–Trinajstić information content (AvgIpc) is 2.53. The summed E-state index contributed by atoms with van der Waals surface area (Å²) >= 11 is 0. The van der Waals surface area contributed by atoms with Gasteiger partial charge >= 0.3 is 0 Å². The second kappa shape index (κ2) is 7.30. The lowest BCUT2D eigenvalue weighted by molar-refractivity contribution is -0.115. The molecule has 0 bridgehead atoms. The minimum atomic E-state index is -3.65. The number of hydrogen-bond donors (Lipinski definition) is 2. The number of nitrogens with zero attached hydrogens (tertiary/aromatic N) is 2. The highest BCUT2D eigenvalue weighted by Gasteiger charge is 2.14. The maximum atomic E-state index is 12.2.